The molecule has 1 amide bonds. The van der Waals surface area contributed by atoms with Crippen LogP contribution in [0.1, 0.15) is 45.3 Å². The predicted molar refractivity (Wildman–Crippen MR) is 92.1 cm³/mol. The quantitative estimate of drug-likeness (QED) is 0.909. The summed E-state index contributed by atoms with van der Waals surface area (Å²) in [6.07, 6.45) is 3.56. The van der Waals surface area contributed by atoms with Crippen molar-refractivity contribution in [3.63, 3.8) is 0 Å². The molecule has 3 rings (SSSR count). The van der Waals surface area contributed by atoms with Gasteiger partial charge in [0.05, 0.1) is 5.69 Å². The summed E-state index contributed by atoms with van der Waals surface area (Å²) in [5.74, 6) is 0.914. The van der Waals surface area contributed by atoms with Crippen molar-refractivity contribution in [2.24, 2.45) is 7.05 Å². The maximum Gasteiger partial charge on any atom is 0.266 e. The van der Waals surface area contributed by atoms with E-state index in [9.17, 15) is 4.79 Å². The van der Waals surface area contributed by atoms with Crippen LogP contribution in [0.5, 0.6) is 0 Å². The van der Waals surface area contributed by atoms with Crippen LogP contribution in [0.2, 0.25) is 0 Å². The number of hydrogen-bond donors (Lipinski definition) is 1. The predicted octanol–water partition coefficient (Wildman–Crippen LogP) is 1.68. The van der Waals surface area contributed by atoms with Gasteiger partial charge < -0.3 is 19.5 Å². The van der Waals surface area contributed by atoms with Gasteiger partial charge in [0.2, 0.25) is 0 Å². The normalized spacial score (nSPS) is 19.5. The molecular weight excluding hydrogens is 326 g/mol. The highest BCUT2D eigenvalue weighted by atomic mass is 32.1. The Hall–Kier alpha value is -1.77. The first-order valence-electron chi connectivity index (χ1n) is 8.02. The fourth-order valence-electron chi connectivity index (χ4n) is 2.90. The van der Waals surface area contributed by atoms with Crippen LogP contribution in [0.4, 0.5) is 0 Å². The minimum Gasteiger partial charge on any atom is -0.375 e. The number of carbonyl (C=O) groups excluding carboxylic acids is 1. The summed E-state index contributed by atoms with van der Waals surface area (Å²) in [5.41, 5.74) is 0.765. The summed E-state index contributed by atoms with van der Waals surface area (Å²) >= 11 is 1.42. The standard InChI is InChI=1S/C16H23N5O2S/c1-10-13(24-15(19-10)11(2)23-4)16(22)21-8-5-17-9-12(21)14-18-6-7-20(14)3/h6-7,11-12,17H,5,8-9H2,1-4H3. The van der Waals surface area contributed by atoms with E-state index in [1.807, 2.05) is 36.6 Å². The number of aromatic nitrogens is 3. The first-order chi connectivity index (χ1) is 11.5. The van der Waals surface area contributed by atoms with Gasteiger partial charge in [0.1, 0.15) is 27.9 Å². The minimum absolute atomic E-state index is 0.0223. The number of aryl methyl sites for hydroxylation is 2. The lowest BCUT2D eigenvalue weighted by molar-refractivity contribution is 0.0625. The molecule has 130 valence electrons. The van der Waals surface area contributed by atoms with Crippen LogP contribution in [-0.4, -0.2) is 52.1 Å². The van der Waals surface area contributed by atoms with Gasteiger partial charge in [0, 0.05) is 46.2 Å². The van der Waals surface area contributed by atoms with Crippen LogP contribution in [-0.2, 0) is 11.8 Å². The Morgan fingerprint density at radius 2 is 2.33 bits per heavy atom. The first-order valence-corrected chi connectivity index (χ1v) is 8.83. The summed E-state index contributed by atoms with van der Waals surface area (Å²) in [6, 6.07) is -0.0731. The zero-order valence-corrected chi connectivity index (χ0v) is 15.3. The summed E-state index contributed by atoms with van der Waals surface area (Å²) in [6.45, 7) is 5.96. The van der Waals surface area contributed by atoms with E-state index in [4.69, 9.17) is 4.74 Å². The average Bonchev–Trinajstić information content (AvgIpc) is 3.19. The summed E-state index contributed by atoms with van der Waals surface area (Å²) in [7, 11) is 3.60. The zero-order valence-electron chi connectivity index (χ0n) is 14.4. The summed E-state index contributed by atoms with van der Waals surface area (Å²) in [5, 5.41) is 4.19. The van der Waals surface area contributed by atoms with Gasteiger partial charge in [-0.05, 0) is 13.8 Å². The lowest BCUT2D eigenvalue weighted by Gasteiger charge is -2.35. The molecule has 1 fully saturated rings. The number of nitrogens with one attached hydrogen (secondary N) is 1. The molecule has 0 bridgehead atoms. The highest BCUT2D eigenvalue weighted by molar-refractivity contribution is 7.13. The number of rotatable bonds is 4. The lowest BCUT2D eigenvalue weighted by atomic mass is 10.1. The van der Waals surface area contributed by atoms with Gasteiger partial charge in [-0.2, -0.15) is 0 Å². The molecule has 0 aromatic carbocycles. The molecule has 1 N–H and O–H groups in total. The number of thiazole rings is 1. The molecule has 0 radical (unpaired) electrons. The third-order valence-corrected chi connectivity index (χ3v) is 5.68. The van der Waals surface area contributed by atoms with E-state index in [0.29, 0.717) is 18.0 Å². The van der Waals surface area contributed by atoms with Crippen molar-refractivity contribution in [2.75, 3.05) is 26.7 Å². The molecule has 1 aliphatic rings. The Morgan fingerprint density at radius 3 is 3.00 bits per heavy atom. The molecule has 8 heteroatoms. The second-order valence-electron chi connectivity index (χ2n) is 5.96. The van der Waals surface area contributed by atoms with Gasteiger partial charge in [-0.3, -0.25) is 4.79 Å². The number of piperazine rings is 1. The van der Waals surface area contributed by atoms with Crippen molar-refractivity contribution in [3.8, 4) is 0 Å². The van der Waals surface area contributed by atoms with Gasteiger partial charge in [-0.1, -0.05) is 0 Å². The first kappa shape index (κ1) is 17.1. The van der Waals surface area contributed by atoms with Gasteiger partial charge in [-0.15, -0.1) is 11.3 Å². The number of nitrogens with zero attached hydrogens (tertiary/aromatic N) is 4. The molecule has 3 heterocycles. The van der Waals surface area contributed by atoms with Crippen LogP contribution in [0.25, 0.3) is 0 Å². The minimum atomic E-state index is -0.108. The van der Waals surface area contributed by atoms with E-state index in [-0.39, 0.29) is 18.1 Å². The number of carbonyl (C=O) groups is 1. The smallest absolute Gasteiger partial charge is 0.266 e. The Kier molecular flexibility index (Phi) is 4.98. The van der Waals surface area contributed by atoms with Crippen molar-refractivity contribution in [3.05, 3.63) is 33.8 Å². The van der Waals surface area contributed by atoms with E-state index in [1.165, 1.54) is 11.3 Å². The topological polar surface area (TPSA) is 72.3 Å². The summed E-state index contributed by atoms with van der Waals surface area (Å²) in [4.78, 5) is 24.7. The van der Waals surface area contributed by atoms with E-state index in [2.05, 4.69) is 15.3 Å². The van der Waals surface area contributed by atoms with Crippen molar-refractivity contribution < 1.29 is 9.53 Å². The van der Waals surface area contributed by atoms with Gasteiger partial charge in [-0.25, -0.2) is 9.97 Å². The molecule has 24 heavy (non-hydrogen) atoms. The van der Waals surface area contributed by atoms with E-state index in [0.717, 1.165) is 23.1 Å². The average molecular weight is 349 g/mol. The third kappa shape index (κ3) is 3.09. The van der Waals surface area contributed by atoms with Crippen LogP contribution >= 0.6 is 11.3 Å². The fourth-order valence-corrected chi connectivity index (χ4v) is 3.95. The second kappa shape index (κ2) is 7.00. The number of methoxy groups -OCH3 is 1. The lowest BCUT2D eigenvalue weighted by Crippen LogP contribution is -2.49. The van der Waals surface area contributed by atoms with Crippen molar-refractivity contribution >= 4 is 17.2 Å². The molecule has 2 atom stereocenters. The van der Waals surface area contributed by atoms with Crippen LogP contribution < -0.4 is 5.32 Å². The van der Waals surface area contributed by atoms with E-state index < -0.39 is 0 Å². The van der Waals surface area contributed by atoms with Crippen molar-refractivity contribution in [1.29, 1.82) is 0 Å². The highest BCUT2D eigenvalue weighted by Gasteiger charge is 2.33. The van der Waals surface area contributed by atoms with Gasteiger partial charge in [0.25, 0.3) is 5.91 Å². The third-order valence-electron chi connectivity index (χ3n) is 4.37. The Morgan fingerprint density at radius 1 is 1.54 bits per heavy atom. The van der Waals surface area contributed by atoms with E-state index >= 15 is 0 Å². The van der Waals surface area contributed by atoms with Crippen molar-refractivity contribution in [2.45, 2.75) is 26.0 Å². The molecule has 1 saturated heterocycles. The SMILES string of the molecule is COC(C)c1nc(C)c(C(=O)N2CCNCC2c2nccn2C)s1. The Labute approximate surface area is 145 Å². The van der Waals surface area contributed by atoms with Gasteiger partial charge >= 0.3 is 0 Å². The molecule has 0 aliphatic carbocycles. The number of hydrogen-bond acceptors (Lipinski definition) is 6. The molecular formula is C16H23N5O2S. The number of amides is 1. The molecule has 2 unspecified atom stereocenters. The molecule has 0 saturated carbocycles. The molecule has 0 spiro atoms. The van der Waals surface area contributed by atoms with Crippen molar-refractivity contribution in [1.82, 2.24) is 24.8 Å². The van der Waals surface area contributed by atoms with Crippen LogP contribution in [0.15, 0.2) is 12.4 Å². The molecule has 2 aromatic rings. The Balaban J connectivity index is 1.90. The number of imidazole rings is 1. The highest BCUT2D eigenvalue weighted by Crippen LogP contribution is 2.29. The monoisotopic (exact) mass is 349 g/mol. The maximum atomic E-state index is 13.2. The summed E-state index contributed by atoms with van der Waals surface area (Å²) < 4.78 is 7.29. The second-order valence-corrected chi connectivity index (χ2v) is 6.99. The molecule has 7 nitrogen and oxygen atoms in total. The van der Waals surface area contributed by atoms with Gasteiger partial charge in [0.15, 0.2) is 0 Å². The zero-order chi connectivity index (χ0) is 17.3. The fraction of sp³-hybridized carbons (Fsp3) is 0.562. The van der Waals surface area contributed by atoms with E-state index in [1.54, 1.807) is 13.3 Å². The maximum absolute atomic E-state index is 13.2. The van der Waals surface area contributed by atoms with Crippen LogP contribution in [0.3, 0.4) is 0 Å². The number of ether oxygens (including phenoxy) is 1. The van der Waals surface area contributed by atoms with Crippen LogP contribution in [0, 0.1) is 6.92 Å². The molecule has 2 aromatic heterocycles. The Bertz CT molecular complexity index is 726. The largest absolute Gasteiger partial charge is 0.375 e. The molecule has 1 aliphatic heterocycles.